The van der Waals surface area contributed by atoms with Gasteiger partial charge < -0.3 is 14.0 Å². The molecule has 0 N–H and O–H groups in total. The molecule has 40 heavy (non-hydrogen) atoms. The fourth-order valence-corrected chi connectivity index (χ4v) is 5.99. The molecule has 2 fully saturated rings. The van der Waals surface area contributed by atoms with Gasteiger partial charge in [-0.25, -0.2) is 14.5 Å². The van der Waals surface area contributed by atoms with Crippen molar-refractivity contribution in [3.8, 4) is 5.88 Å². The number of benzene rings is 1. The Morgan fingerprint density at radius 1 is 1.02 bits per heavy atom. The van der Waals surface area contributed by atoms with Crippen molar-refractivity contribution in [1.82, 2.24) is 29.0 Å². The Hall–Kier alpha value is -3.46. The van der Waals surface area contributed by atoms with Gasteiger partial charge in [-0.05, 0) is 80.7 Å². The Kier molecular flexibility index (Phi) is 6.91. The SMILES string of the molecule is Cc1ccc2nc(CN3CCC(c4cccc(OCc5ccn6ncc(Cl)c6c5)n4)CC3)n(CC3CCO3)c2c1. The average molecular weight is 557 g/mol. The van der Waals surface area contributed by atoms with Gasteiger partial charge >= 0.3 is 0 Å². The summed E-state index contributed by atoms with van der Waals surface area (Å²) in [5.41, 5.74) is 6.56. The van der Waals surface area contributed by atoms with Crippen molar-refractivity contribution < 1.29 is 9.47 Å². The predicted octanol–water partition coefficient (Wildman–Crippen LogP) is 5.79. The Morgan fingerprint density at radius 2 is 1.90 bits per heavy atom. The molecule has 0 aliphatic carbocycles. The molecule has 0 bridgehead atoms. The molecule has 2 saturated heterocycles. The molecular formula is C31H33ClN6O2. The molecule has 4 aromatic heterocycles. The molecule has 7 rings (SSSR count). The number of likely N-dealkylation sites (tertiary alicyclic amines) is 1. The lowest BCUT2D eigenvalue weighted by atomic mass is 9.93. The molecule has 1 atom stereocenters. The highest BCUT2D eigenvalue weighted by molar-refractivity contribution is 6.33. The van der Waals surface area contributed by atoms with E-state index in [9.17, 15) is 0 Å². The number of halogens is 1. The zero-order valence-corrected chi connectivity index (χ0v) is 23.4. The van der Waals surface area contributed by atoms with Crippen LogP contribution in [0.1, 0.15) is 47.8 Å². The van der Waals surface area contributed by atoms with Crippen LogP contribution < -0.4 is 4.74 Å². The van der Waals surface area contributed by atoms with Crippen LogP contribution >= 0.6 is 11.6 Å². The molecular weight excluding hydrogens is 524 g/mol. The van der Waals surface area contributed by atoms with Gasteiger partial charge in [0.1, 0.15) is 12.4 Å². The molecule has 1 aromatic carbocycles. The Morgan fingerprint density at radius 3 is 2.73 bits per heavy atom. The molecule has 0 radical (unpaired) electrons. The van der Waals surface area contributed by atoms with E-state index < -0.39 is 0 Å². The molecule has 1 unspecified atom stereocenters. The number of fused-ring (bicyclic) bond motifs is 2. The van der Waals surface area contributed by atoms with Crippen LogP contribution in [0, 0.1) is 6.92 Å². The van der Waals surface area contributed by atoms with Crippen molar-refractivity contribution in [1.29, 1.82) is 0 Å². The minimum atomic E-state index is 0.301. The number of nitrogens with zero attached hydrogens (tertiary/aromatic N) is 6. The second-order valence-corrected chi connectivity index (χ2v) is 11.4. The Bertz CT molecular complexity index is 1650. The van der Waals surface area contributed by atoms with Crippen LogP contribution in [-0.2, 0) is 24.4 Å². The van der Waals surface area contributed by atoms with Crippen molar-refractivity contribution in [3.63, 3.8) is 0 Å². The third-order valence-electron chi connectivity index (χ3n) is 8.20. The highest BCUT2D eigenvalue weighted by Crippen LogP contribution is 2.30. The second-order valence-electron chi connectivity index (χ2n) is 11.0. The smallest absolute Gasteiger partial charge is 0.213 e. The molecule has 9 heteroatoms. The minimum absolute atomic E-state index is 0.301. The predicted molar refractivity (Wildman–Crippen MR) is 155 cm³/mol. The van der Waals surface area contributed by atoms with E-state index in [1.807, 2.05) is 30.5 Å². The van der Waals surface area contributed by atoms with Gasteiger partial charge in [0.2, 0.25) is 5.88 Å². The third kappa shape index (κ3) is 5.19. The number of piperidine rings is 1. The first-order valence-electron chi connectivity index (χ1n) is 14.1. The first-order chi connectivity index (χ1) is 19.6. The van der Waals surface area contributed by atoms with Gasteiger partial charge in [0.15, 0.2) is 0 Å². The van der Waals surface area contributed by atoms with Crippen LogP contribution in [0.4, 0.5) is 0 Å². The molecule has 0 saturated carbocycles. The highest BCUT2D eigenvalue weighted by atomic mass is 35.5. The summed E-state index contributed by atoms with van der Waals surface area (Å²) in [6.07, 6.45) is 7.11. The average Bonchev–Trinajstić information content (AvgIpc) is 3.49. The number of pyridine rings is 2. The van der Waals surface area contributed by atoms with Crippen LogP contribution in [0.15, 0.2) is 60.9 Å². The summed E-state index contributed by atoms with van der Waals surface area (Å²) in [5, 5.41) is 4.85. The summed E-state index contributed by atoms with van der Waals surface area (Å²) >= 11 is 6.23. The van der Waals surface area contributed by atoms with E-state index in [1.54, 1.807) is 10.7 Å². The van der Waals surface area contributed by atoms with Crippen LogP contribution in [0.5, 0.6) is 5.88 Å². The first-order valence-corrected chi connectivity index (χ1v) is 14.5. The minimum Gasteiger partial charge on any atom is -0.473 e. The van der Waals surface area contributed by atoms with Crippen LogP contribution in [0.2, 0.25) is 5.02 Å². The highest BCUT2D eigenvalue weighted by Gasteiger charge is 2.26. The zero-order chi connectivity index (χ0) is 27.1. The van der Waals surface area contributed by atoms with Crippen molar-refractivity contribution in [2.45, 2.75) is 57.9 Å². The van der Waals surface area contributed by atoms with E-state index in [2.05, 4.69) is 45.8 Å². The maximum atomic E-state index is 6.23. The van der Waals surface area contributed by atoms with Crippen molar-refractivity contribution in [2.75, 3.05) is 19.7 Å². The number of rotatable bonds is 8. The largest absolute Gasteiger partial charge is 0.473 e. The summed E-state index contributed by atoms with van der Waals surface area (Å²) in [4.78, 5) is 12.4. The lowest BCUT2D eigenvalue weighted by molar-refractivity contribution is -0.0592. The van der Waals surface area contributed by atoms with E-state index in [-0.39, 0.29) is 0 Å². The molecule has 6 heterocycles. The van der Waals surface area contributed by atoms with Crippen molar-refractivity contribution >= 4 is 28.2 Å². The van der Waals surface area contributed by atoms with Gasteiger partial charge in [0.25, 0.3) is 0 Å². The van der Waals surface area contributed by atoms with E-state index >= 15 is 0 Å². The normalized spacial score (nSPS) is 18.4. The molecule has 0 spiro atoms. The van der Waals surface area contributed by atoms with Gasteiger partial charge in [-0.15, -0.1) is 0 Å². The monoisotopic (exact) mass is 556 g/mol. The molecule has 206 valence electrons. The molecule has 2 aliphatic rings. The van der Waals surface area contributed by atoms with E-state index in [0.717, 1.165) is 80.2 Å². The number of ether oxygens (including phenoxy) is 2. The zero-order valence-electron chi connectivity index (χ0n) is 22.7. The summed E-state index contributed by atoms with van der Waals surface area (Å²) in [6.45, 7) is 7.22. The third-order valence-corrected chi connectivity index (χ3v) is 8.50. The standard InChI is InChI=1S/C31H33ClN6O2/c1-21-5-6-27-29(15-21)37(18-24-10-14-39-24)30(34-27)19-36-11-8-23(9-12-36)26-3-2-4-31(35-26)40-20-22-7-13-38-28(16-22)25(32)17-33-38/h2-7,13,15-17,23-24H,8-12,14,18-20H2,1H3. The fourth-order valence-electron chi connectivity index (χ4n) is 5.81. The Labute approximate surface area is 238 Å². The quantitative estimate of drug-likeness (QED) is 0.241. The summed E-state index contributed by atoms with van der Waals surface area (Å²) in [6, 6.07) is 16.6. The molecule has 8 nitrogen and oxygen atoms in total. The maximum absolute atomic E-state index is 6.23. The topological polar surface area (TPSA) is 69.7 Å². The van der Waals surface area contributed by atoms with Gasteiger partial charge in [-0.2, -0.15) is 5.10 Å². The number of imidazole rings is 1. The molecule has 5 aromatic rings. The summed E-state index contributed by atoms with van der Waals surface area (Å²) in [7, 11) is 0. The number of aromatic nitrogens is 5. The van der Waals surface area contributed by atoms with Crippen LogP contribution in [0.25, 0.3) is 16.6 Å². The summed E-state index contributed by atoms with van der Waals surface area (Å²) in [5.74, 6) is 2.21. The summed E-state index contributed by atoms with van der Waals surface area (Å²) < 4.78 is 16.0. The second kappa shape index (κ2) is 10.8. The molecule has 0 amide bonds. The first kappa shape index (κ1) is 25.5. The van der Waals surface area contributed by atoms with Crippen LogP contribution in [0.3, 0.4) is 0 Å². The van der Waals surface area contributed by atoms with Gasteiger partial charge in [-0.1, -0.05) is 23.7 Å². The fraction of sp³-hybridized carbons (Fsp3) is 0.387. The van der Waals surface area contributed by atoms with E-state index in [4.69, 9.17) is 31.0 Å². The van der Waals surface area contributed by atoms with Gasteiger partial charge in [-0.3, -0.25) is 4.90 Å². The Balaban J connectivity index is 0.991. The number of hydrogen-bond donors (Lipinski definition) is 0. The van der Waals surface area contributed by atoms with E-state index in [1.165, 1.54) is 11.1 Å². The van der Waals surface area contributed by atoms with E-state index in [0.29, 0.717) is 29.5 Å². The lowest BCUT2D eigenvalue weighted by Gasteiger charge is -2.32. The molecule has 2 aliphatic heterocycles. The number of aryl methyl sites for hydroxylation is 1. The van der Waals surface area contributed by atoms with Gasteiger partial charge in [0, 0.05) is 30.5 Å². The van der Waals surface area contributed by atoms with Gasteiger partial charge in [0.05, 0.1) is 47.0 Å². The van der Waals surface area contributed by atoms with Crippen molar-refractivity contribution in [2.24, 2.45) is 0 Å². The van der Waals surface area contributed by atoms with Crippen molar-refractivity contribution in [3.05, 3.63) is 88.6 Å². The van der Waals surface area contributed by atoms with Crippen LogP contribution in [-0.4, -0.2) is 54.8 Å². The lowest BCUT2D eigenvalue weighted by Crippen LogP contribution is -2.35. The number of hydrogen-bond acceptors (Lipinski definition) is 6. The maximum Gasteiger partial charge on any atom is 0.213 e.